The van der Waals surface area contributed by atoms with Gasteiger partial charge in [-0.3, -0.25) is 15.2 Å². The molecule has 1 aliphatic heterocycles. The molecule has 5 nitrogen and oxygen atoms in total. The van der Waals surface area contributed by atoms with Gasteiger partial charge in [0.05, 0.1) is 24.3 Å². The van der Waals surface area contributed by atoms with Crippen LogP contribution in [-0.2, 0) is 4.79 Å². The van der Waals surface area contributed by atoms with Crippen LogP contribution in [0.4, 0.5) is 5.69 Å². The number of anilines is 1. The number of carbonyl (C=O) groups excluding carboxylic acids is 1. The van der Waals surface area contributed by atoms with E-state index in [4.69, 9.17) is 5.73 Å². The van der Waals surface area contributed by atoms with Crippen LogP contribution in [0.15, 0.2) is 24.3 Å². The number of nitrogens with two attached hydrogens (primary N) is 1. The molecule has 0 aliphatic carbocycles. The lowest BCUT2D eigenvalue weighted by Gasteiger charge is -2.23. The zero-order valence-electron chi connectivity index (χ0n) is 9.76. The highest BCUT2D eigenvalue weighted by Gasteiger charge is 2.26. The fourth-order valence-electron chi connectivity index (χ4n) is 1.99. The topological polar surface area (TPSA) is 78.6 Å². The Hall–Kier alpha value is -1.59. The molecule has 1 aromatic rings. The Labute approximate surface area is 100 Å². The summed E-state index contributed by atoms with van der Waals surface area (Å²) in [6.45, 7) is 2.16. The van der Waals surface area contributed by atoms with E-state index in [0.717, 1.165) is 11.3 Å². The Morgan fingerprint density at radius 3 is 3.00 bits per heavy atom. The maximum atomic E-state index is 11.3. The quantitative estimate of drug-likeness (QED) is 0.704. The van der Waals surface area contributed by atoms with Crippen LogP contribution in [-0.4, -0.2) is 23.6 Å². The van der Waals surface area contributed by atoms with Crippen molar-refractivity contribution in [1.29, 1.82) is 0 Å². The molecule has 0 bridgehead atoms. The van der Waals surface area contributed by atoms with Gasteiger partial charge in [0.1, 0.15) is 0 Å². The normalized spacial score (nSPS) is 21.5. The predicted molar refractivity (Wildman–Crippen MR) is 65.2 cm³/mol. The first-order valence-corrected chi connectivity index (χ1v) is 5.68. The van der Waals surface area contributed by atoms with Crippen molar-refractivity contribution < 1.29 is 9.90 Å². The minimum absolute atomic E-state index is 0.0160. The molecule has 1 heterocycles. The largest absolute Gasteiger partial charge is 0.387 e. The zero-order valence-corrected chi connectivity index (χ0v) is 9.76. The average molecular weight is 235 g/mol. The summed E-state index contributed by atoms with van der Waals surface area (Å²) in [4.78, 5) is 11.3. The Bertz CT molecular complexity index is 422. The number of carbonyl (C=O) groups is 1. The molecule has 1 saturated heterocycles. The SMILES string of the molecule is CC1CC(=O)NN1c1cccc(C(O)CN)c1. The van der Waals surface area contributed by atoms with E-state index in [2.05, 4.69) is 5.43 Å². The second-order valence-corrected chi connectivity index (χ2v) is 4.30. The maximum Gasteiger partial charge on any atom is 0.240 e. The third-order valence-electron chi connectivity index (χ3n) is 2.92. The van der Waals surface area contributed by atoms with Crippen molar-refractivity contribution in [3.63, 3.8) is 0 Å². The summed E-state index contributed by atoms with van der Waals surface area (Å²) < 4.78 is 0. The molecule has 0 aromatic heterocycles. The molecule has 2 rings (SSSR count). The van der Waals surface area contributed by atoms with Gasteiger partial charge in [0.25, 0.3) is 0 Å². The molecule has 1 aromatic carbocycles. The Morgan fingerprint density at radius 1 is 1.65 bits per heavy atom. The molecule has 92 valence electrons. The highest BCUT2D eigenvalue weighted by Crippen LogP contribution is 2.23. The fraction of sp³-hybridized carbons (Fsp3) is 0.417. The molecule has 17 heavy (non-hydrogen) atoms. The fourth-order valence-corrected chi connectivity index (χ4v) is 1.99. The van der Waals surface area contributed by atoms with Gasteiger partial charge in [0.15, 0.2) is 0 Å². The van der Waals surface area contributed by atoms with Crippen LogP contribution >= 0.6 is 0 Å². The molecule has 0 saturated carbocycles. The van der Waals surface area contributed by atoms with E-state index in [1.54, 1.807) is 0 Å². The number of aliphatic hydroxyl groups is 1. The zero-order chi connectivity index (χ0) is 12.4. The molecule has 1 aliphatic rings. The molecule has 2 unspecified atom stereocenters. The molecule has 1 amide bonds. The van der Waals surface area contributed by atoms with Crippen LogP contribution in [0.1, 0.15) is 25.0 Å². The lowest BCUT2D eigenvalue weighted by Crippen LogP contribution is -2.37. The van der Waals surface area contributed by atoms with Gasteiger partial charge in [-0.05, 0) is 24.6 Å². The number of hydrazine groups is 1. The number of rotatable bonds is 3. The first-order chi connectivity index (χ1) is 8.11. The third-order valence-corrected chi connectivity index (χ3v) is 2.92. The summed E-state index contributed by atoms with van der Waals surface area (Å²) >= 11 is 0. The van der Waals surface area contributed by atoms with Gasteiger partial charge in [0, 0.05) is 6.54 Å². The van der Waals surface area contributed by atoms with Crippen LogP contribution in [0.25, 0.3) is 0 Å². The van der Waals surface area contributed by atoms with Crippen molar-refractivity contribution in [3.8, 4) is 0 Å². The summed E-state index contributed by atoms with van der Waals surface area (Å²) in [6, 6.07) is 7.53. The van der Waals surface area contributed by atoms with Gasteiger partial charge in [-0.2, -0.15) is 0 Å². The molecule has 0 spiro atoms. The van der Waals surface area contributed by atoms with Gasteiger partial charge in [-0.15, -0.1) is 0 Å². The monoisotopic (exact) mass is 235 g/mol. The Kier molecular flexibility index (Phi) is 3.31. The van der Waals surface area contributed by atoms with Gasteiger partial charge in [-0.25, -0.2) is 0 Å². The number of nitrogens with one attached hydrogen (secondary N) is 1. The van der Waals surface area contributed by atoms with Gasteiger partial charge in [-0.1, -0.05) is 12.1 Å². The lowest BCUT2D eigenvalue weighted by molar-refractivity contribution is -0.119. The minimum atomic E-state index is -0.663. The first-order valence-electron chi connectivity index (χ1n) is 5.68. The number of aliphatic hydroxyl groups excluding tert-OH is 1. The molecule has 4 N–H and O–H groups in total. The van der Waals surface area contributed by atoms with Gasteiger partial charge >= 0.3 is 0 Å². The molecule has 0 radical (unpaired) electrons. The van der Waals surface area contributed by atoms with Crippen molar-refractivity contribution in [2.75, 3.05) is 11.6 Å². The summed E-state index contributed by atoms with van der Waals surface area (Å²) in [7, 11) is 0. The van der Waals surface area contributed by atoms with Crippen LogP contribution in [0, 0.1) is 0 Å². The Balaban J connectivity index is 2.24. The average Bonchev–Trinajstić information content (AvgIpc) is 2.67. The van der Waals surface area contributed by atoms with Crippen LogP contribution in [0.2, 0.25) is 0 Å². The van der Waals surface area contributed by atoms with Gasteiger partial charge in [0.2, 0.25) is 5.91 Å². The second kappa shape index (κ2) is 4.73. The molecular weight excluding hydrogens is 218 g/mol. The molecule has 2 atom stereocenters. The number of hydrogen-bond donors (Lipinski definition) is 3. The summed E-state index contributed by atoms with van der Waals surface area (Å²) in [5.74, 6) is 0.0160. The van der Waals surface area contributed by atoms with E-state index in [0.29, 0.717) is 6.42 Å². The van der Waals surface area contributed by atoms with Crippen LogP contribution < -0.4 is 16.2 Å². The van der Waals surface area contributed by atoms with E-state index < -0.39 is 6.10 Å². The summed E-state index contributed by atoms with van der Waals surface area (Å²) in [5.41, 5.74) is 9.84. The van der Waals surface area contributed by atoms with Crippen LogP contribution in [0.3, 0.4) is 0 Å². The van der Waals surface area contributed by atoms with E-state index in [1.807, 2.05) is 36.2 Å². The van der Waals surface area contributed by atoms with E-state index in [9.17, 15) is 9.90 Å². The number of hydrogen-bond acceptors (Lipinski definition) is 4. The van der Waals surface area contributed by atoms with Crippen molar-refractivity contribution in [2.24, 2.45) is 5.73 Å². The van der Waals surface area contributed by atoms with Crippen molar-refractivity contribution in [3.05, 3.63) is 29.8 Å². The highest BCUT2D eigenvalue weighted by atomic mass is 16.3. The van der Waals surface area contributed by atoms with Gasteiger partial charge < -0.3 is 10.8 Å². The second-order valence-electron chi connectivity index (χ2n) is 4.30. The summed E-state index contributed by atoms with van der Waals surface area (Å²) in [6.07, 6.45) is -0.174. The Morgan fingerprint density at radius 2 is 2.41 bits per heavy atom. The smallest absolute Gasteiger partial charge is 0.240 e. The third kappa shape index (κ3) is 2.40. The summed E-state index contributed by atoms with van der Waals surface area (Å²) in [5, 5.41) is 11.5. The van der Waals surface area contributed by atoms with E-state index >= 15 is 0 Å². The van der Waals surface area contributed by atoms with Crippen molar-refractivity contribution in [2.45, 2.75) is 25.5 Å². The highest BCUT2D eigenvalue weighted by molar-refractivity contribution is 5.82. The predicted octanol–water partition coefficient (Wildman–Crippen LogP) is 0.309. The van der Waals surface area contributed by atoms with Crippen molar-refractivity contribution in [1.82, 2.24) is 5.43 Å². The number of benzene rings is 1. The van der Waals surface area contributed by atoms with Crippen LogP contribution in [0.5, 0.6) is 0 Å². The molecular formula is C12H17N3O2. The molecule has 1 fully saturated rings. The maximum absolute atomic E-state index is 11.3. The van der Waals surface area contributed by atoms with Crippen molar-refractivity contribution >= 4 is 11.6 Å². The standard InChI is InChI=1S/C12H17N3O2/c1-8-5-12(17)14-15(8)10-4-2-3-9(6-10)11(16)7-13/h2-4,6,8,11,16H,5,7,13H2,1H3,(H,14,17). The molecule has 5 heteroatoms. The lowest BCUT2D eigenvalue weighted by atomic mass is 10.1. The number of amides is 1. The first kappa shape index (κ1) is 11.9. The minimum Gasteiger partial charge on any atom is -0.387 e. The number of nitrogens with zero attached hydrogens (tertiary/aromatic N) is 1. The van der Waals surface area contributed by atoms with E-state index in [-0.39, 0.29) is 18.5 Å². The van der Waals surface area contributed by atoms with E-state index in [1.165, 1.54) is 0 Å².